The first-order valence-corrected chi connectivity index (χ1v) is 8.55. The molecule has 2 amide bonds. The number of allylic oxidation sites excluding steroid dienone is 1. The van der Waals surface area contributed by atoms with E-state index in [4.69, 9.17) is 5.26 Å². The van der Waals surface area contributed by atoms with Crippen LogP contribution in [0.15, 0.2) is 66.9 Å². The molecule has 0 aliphatic carbocycles. The van der Waals surface area contributed by atoms with Crippen LogP contribution in [0.25, 0.3) is 0 Å². The van der Waals surface area contributed by atoms with E-state index in [1.807, 2.05) is 30.3 Å². The van der Waals surface area contributed by atoms with Crippen molar-refractivity contribution >= 4 is 12.0 Å². The van der Waals surface area contributed by atoms with Crippen LogP contribution in [0, 0.1) is 11.3 Å². The minimum atomic E-state index is -1.14. The van der Waals surface area contributed by atoms with Crippen LogP contribution < -0.4 is 0 Å². The van der Waals surface area contributed by atoms with Crippen molar-refractivity contribution < 1.29 is 14.7 Å². The average molecular weight is 361 g/mol. The van der Waals surface area contributed by atoms with Gasteiger partial charge in [0.15, 0.2) is 0 Å². The number of benzene rings is 2. The smallest absolute Gasteiger partial charge is 0.408 e. The second kappa shape index (κ2) is 7.75. The van der Waals surface area contributed by atoms with E-state index in [9.17, 15) is 14.7 Å². The topological polar surface area (TPSA) is 84.6 Å². The summed E-state index contributed by atoms with van der Waals surface area (Å²) in [6, 6.07) is 16.9. The quantitative estimate of drug-likeness (QED) is 0.826. The second-order valence-electron chi connectivity index (χ2n) is 6.25. The van der Waals surface area contributed by atoms with E-state index in [-0.39, 0.29) is 12.5 Å². The minimum Gasteiger partial charge on any atom is -0.465 e. The molecule has 0 saturated carbocycles. The molecule has 1 heterocycles. The van der Waals surface area contributed by atoms with Crippen molar-refractivity contribution in [2.75, 3.05) is 0 Å². The van der Waals surface area contributed by atoms with E-state index in [0.717, 1.165) is 11.1 Å². The Labute approximate surface area is 157 Å². The first-order valence-electron chi connectivity index (χ1n) is 8.55. The highest BCUT2D eigenvalue weighted by atomic mass is 16.4. The normalized spacial score (nSPS) is 18.8. The Kier molecular flexibility index (Phi) is 5.23. The lowest BCUT2D eigenvalue weighted by molar-refractivity contribution is -0.153. The first-order chi connectivity index (χ1) is 13.1. The molecule has 0 radical (unpaired) electrons. The number of carboxylic acid groups (broad SMARTS) is 1. The first kappa shape index (κ1) is 18.2. The molecule has 1 aliphatic rings. The Hall–Kier alpha value is -3.59. The van der Waals surface area contributed by atoms with Gasteiger partial charge in [0.25, 0.3) is 5.91 Å². The van der Waals surface area contributed by atoms with Crippen LogP contribution in [0.1, 0.15) is 29.7 Å². The predicted molar refractivity (Wildman–Crippen MR) is 99.4 cm³/mol. The molecular formula is C21H19N3O3. The number of hydrogen-bond acceptors (Lipinski definition) is 3. The largest absolute Gasteiger partial charge is 0.465 e. The third kappa shape index (κ3) is 3.53. The summed E-state index contributed by atoms with van der Waals surface area (Å²) in [7, 11) is 0. The molecule has 6 heteroatoms. The van der Waals surface area contributed by atoms with Gasteiger partial charge in [0.05, 0.1) is 17.7 Å². The Bertz CT molecular complexity index is 901. The number of β-lactam (4-membered cyclic amide) rings is 1. The molecule has 1 aliphatic heterocycles. The Morgan fingerprint density at radius 1 is 1.22 bits per heavy atom. The molecule has 0 aromatic heterocycles. The Morgan fingerprint density at radius 3 is 2.44 bits per heavy atom. The van der Waals surface area contributed by atoms with Crippen LogP contribution in [0.3, 0.4) is 0 Å². The molecule has 3 rings (SSSR count). The molecule has 0 spiro atoms. The van der Waals surface area contributed by atoms with Crippen LogP contribution in [-0.4, -0.2) is 32.9 Å². The molecule has 136 valence electrons. The van der Waals surface area contributed by atoms with Crippen molar-refractivity contribution in [3.8, 4) is 6.07 Å². The molecule has 1 fully saturated rings. The zero-order chi connectivity index (χ0) is 19.4. The van der Waals surface area contributed by atoms with Crippen LogP contribution in [-0.2, 0) is 11.3 Å². The molecule has 1 saturated heterocycles. The molecule has 6 nitrogen and oxygen atoms in total. The van der Waals surface area contributed by atoms with Gasteiger partial charge in [-0.3, -0.25) is 9.69 Å². The number of nitrogens with zero attached hydrogens (tertiary/aromatic N) is 3. The van der Waals surface area contributed by atoms with Crippen molar-refractivity contribution in [1.82, 2.24) is 9.80 Å². The van der Waals surface area contributed by atoms with Gasteiger partial charge < -0.3 is 10.0 Å². The van der Waals surface area contributed by atoms with Crippen molar-refractivity contribution in [3.05, 3.63) is 83.6 Å². The van der Waals surface area contributed by atoms with Gasteiger partial charge in [-0.05, 0) is 30.2 Å². The van der Waals surface area contributed by atoms with Crippen molar-refractivity contribution in [2.24, 2.45) is 0 Å². The van der Waals surface area contributed by atoms with Gasteiger partial charge in [-0.2, -0.15) is 5.26 Å². The Morgan fingerprint density at radius 2 is 1.89 bits per heavy atom. The lowest BCUT2D eigenvalue weighted by atomic mass is 9.87. The van der Waals surface area contributed by atoms with E-state index in [0.29, 0.717) is 5.56 Å². The van der Waals surface area contributed by atoms with Gasteiger partial charge in [0.2, 0.25) is 0 Å². The van der Waals surface area contributed by atoms with Gasteiger partial charge in [-0.1, -0.05) is 48.5 Å². The molecule has 1 N–H and O–H groups in total. The number of hydrogen-bond donors (Lipinski definition) is 1. The highest BCUT2D eigenvalue weighted by molar-refractivity contribution is 5.93. The number of carbonyl (C=O) groups excluding carboxylic acids is 1. The van der Waals surface area contributed by atoms with Crippen LogP contribution in [0.2, 0.25) is 0 Å². The maximum Gasteiger partial charge on any atom is 0.408 e. The maximum atomic E-state index is 12.7. The third-order valence-corrected chi connectivity index (χ3v) is 4.57. The van der Waals surface area contributed by atoms with Gasteiger partial charge >= 0.3 is 6.09 Å². The molecule has 27 heavy (non-hydrogen) atoms. The summed E-state index contributed by atoms with van der Waals surface area (Å²) in [6.07, 6.45) is 2.26. The van der Waals surface area contributed by atoms with E-state index in [1.165, 1.54) is 9.80 Å². The summed E-state index contributed by atoms with van der Waals surface area (Å²) >= 11 is 0. The van der Waals surface area contributed by atoms with E-state index >= 15 is 0 Å². The molecule has 2 aromatic carbocycles. The highest BCUT2D eigenvalue weighted by Crippen LogP contribution is 2.39. The number of amides is 2. The zero-order valence-electron chi connectivity index (χ0n) is 14.8. The van der Waals surface area contributed by atoms with E-state index < -0.39 is 18.2 Å². The van der Waals surface area contributed by atoms with Crippen molar-refractivity contribution in [3.63, 3.8) is 0 Å². The second-order valence-corrected chi connectivity index (χ2v) is 6.25. The fourth-order valence-corrected chi connectivity index (χ4v) is 3.29. The van der Waals surface area contributed by atoms with Crippen molar-refractivity contribution in [2.45, 2.75) is 25.6 Å². The summed E-state index contributed by atoms with van der Waals surface area (Å²) in [6.45, 7) is 1.93. The van der Waals surface area contributed by atoms with E-state index in [1.54, 1.807) is 43.5 Å². The average Bonchev–Trinajstić information content (AvgIpc) is 2.69. The summed E-state index contributed by atoms with van der Waals surface area (Å²) in [4.78, 5) is 27.3. The summed E-state index contributed by atoms with van der Waals surface area (Å²) < 4.78 is 0. The van der Waals surface area contributed by atoms with Crippen LogP contribution in [0.5, 0.6) is 0 Å². The number of carbonyl (C=O) groups is 2. The summed E-state index contributed by atoms with van der Waals surface area (Å²) in [5, 5.41) is 18.7. The fourth-order valence-electron chi connectivity index (χ4n) is 3.29. The number of rotatable bonds is 5. The van der Waals surface area contributed by atoms with Crippen LogP contribution >= 0.6 is 0 Å². The fraction of sp³-hybridized carbons (Fsp3) is 0.190. The highest BCUT2D eigenvalue weighted by Gasteiger charge is 2.51. The number of nitriles is 1. The third-order valence-electron chi connectivity index (χ3n) is 4.57. The zero-order valence-corrected chi connectivity index (χ0v) is 14.8. The Balaban J connectivity index is 1.95. The molecule has 0 bridgehead atoms. The SMILES string of the molecule is CC=CN1C(=O)[C@H](N(Cc2ccccc2)C(=O)O)[C@@H]1c1ccc(C#N)cc1. The van der Waals surface area contributed by atoms with Gasteiger partial charge in [0.1, 0.15) is 6.04 Å². The summed E-state index contributed by atoms with van der Waals surface area (Å²) in [5.41, 5.74) is 2.12. The van der Waals surface area contributed by atoms with Crippen molar-refractivity contribution in [1.29, 1.82) is 5.26 Å². The number of likely N-dealkylation sites (tertiary alicyclic amines) is 1. The van der Waals surface area contributed by atoms with Crippen LogP contribution in [0.4, 0.5) is 4.79 Å². The standard InChI is InChI=1S/C21H19N3O3/c1-2-12-23-18(17-10-8-15(13-22)9-11-17)19(20(23)25)24(21(26)27)14-16-6-4-3-5-7-16/h2-12,18-19H,14H2,1H3,(H,26,27)/t18-,19+/m0/s1. The minimum absolute atomic E-state index is 0.128. The summed E-state index contributed by atoms with van der Waals surface area (Å²) in [5.74, 6) is -0.263. The van der Waals surface area contributed by atoms with E-state index in [2.05, 4.69) is 6.07 Å². The lowest BCUT2D eigenvalue weighted by Gasteiger charge is -2.49. The van der Waals surface area contributed by atoms with Gasteiger partial charge in [0, 0.05) is 12.7 Å². The van der Waals surface area contributed by atoms with Gasteiger partial charge in [-0.15, -0.1) is 0 Å². The molecule has 2 atom stereocenters. The maximum absolute atomic E-state index is 12.7. The molecule has 0 unspecified atom stereocenters. The molecule has 2 aromatic rings. The molecular weight excluding hydrogens is 342 g/mol. The lowest BCUT2D eigenvalue weighted by Crippen LogP contribution is -2.64. The predicted octanol–water partition coefficient (Wildman–Crippen LogP) is 3.52. The monoisotopic (exact) mass is 361 g/mol. The van der Waals surface area contributed by atoms with Gasteiger partial charge in [-0.25, -0.2) is 4.79 Å².